The number of hydrogen-bond acceptors (Lipinski definition) is 2. The van der Waals surface area contributed by atoms with Gasteiger partial charge in [0, 0.05) is 12.2 Å². The van der Waals surface area contributed by atoms with Crippen molar-refractivity contribution in [2.45, 2.75) is 19.3 Å². The maximum Gasteiger partial charge on any atom is 0.259 e. The van der Waals surface area contributed by atoms with Crippen LogP contribution in [-0.2, 0) is 6.42 Å². The van der Waals surface area contributed by atoms with Crippen molar-refractivity contribution in [2.24, 2.45) is 5.73 Å². The molecule has 3 rings (SSSR count). The van der Waals surface area contributed by atoms with Crippen LogP contribution in [0.4, 0.5) is 5.69 Å². The van der Waals surface area contributed by atoms with Gasteiger partial charge in [-0.25, -0.2) is 0 Å². The minimum Gasteiger partial charge on any atom is -0.366 e. The summed E-state index contributed by atoms with van der Waals surface area (Å²) in [7, 11) is 0. The third-order valence-corrected chi connectivity index (χ3v) is 4.03. The Balaban J connectivity index is 0.00000192. The van der Waals surface area contributed by atoms with Gasteiger partial charge in [-0.15, -0.1) is 37.2 Å². The van der Waals surface area contributed by atoms with E-state index in [1.54, 1.807) is 29.2 Å². The molecule has 2 aromatic carbocycles. The minimum atomic E-state index is -0.577. The number of aryl methyl sites for hydroxylation is 1. The maximum atomic E-state index is 13.0. The number of nitrogens with zero attached hydrogens (tertiary/aromatic N) is 1. The van der Waals surface area contributed by atoms with Crippen LogP contribution in [0.3, 0.4) is 0 Å². The molecule has 1 heterocycles. The number of halogens is 3. The molecule has 0 radical (unpaired) electrons. The normalized spacial score (nSPS) is 12.4. The van der Waals surface area contributed by atoms with Gasteiger partial charge in [0.15, 0.2) is 0 Å². The van der Waals surface area contributed by atoms with Crippen molar-refractivity contribution in [1.29, 1.82) is 0 Å². The van der Waals surface area contributed by atoms with Gasteiger partial charge in [-0.3, -0.25) is 9.59 Å². The van der Waals surface area contributed by atoms with Gasteiger partial charge in [-0.2, -0.15) is 0 Å². The number of fused-ring (bicyclic) bond motifs is 1. The highest BCUT2D eigenvalue weighted by molar-refractivity contribution is 6.13. The molecule has 0 fully saturated rings. The molecule has 0 bridgehead atoms. The third-order valence-electron chi connectivity index (χ3n) is 4.03. The zero-order valence-electron chi connectivity index (χ0n) is 13.5. The summed E-state index contributed by atoms with van der Waals surface area (Å²) < 4.78 is 0. The van der Waals surface area contributed by atoms with Gasteiger partial charge in [-0.1, -0.05) is 30.3 Å². The van der Waals surface area contributed by atoms with E-state index in [0.717, 1.165) is 24.9 Å². The van der Waals surface area contributed by atoms with Crippen molar-refractivity contribution in [3.8, 4) is 0 Å². The van der Waals surface area contributed by atoms with Crippen molar-refractivity contribution in [3.05, 3.63) is 65.2 Å². The molecule has 1 aliphatic rings. The molecule has 0 saturated heterocycles. The second-order valence-electron chi connectivity index (χ2n) is 5.45. The Labute approximate surface area is 166 Å². The first-order valence-corrected chi connectivity index (χ1v) is 7.47. The molecule has 0 aromatic heterocycles. The van der Waals surface area contributed by atoms with Gasteiger partial charge in [-0.05, 0) is 43.0 Å². The first-order valence-electron chi connectivity index (χ1n) is 7.47. The van der Waals surface area contributed by atoms with Crippen LogP contribution in [0.1, 0.15) is 39.1 Å². The van der Waals surface area contributed by atoms with Gasteiger partial charge < -0.3 is 10.6 Å². The third kappa shape index (κ3) is 4.88. The molecule has 0 spiro atoms. The fraction of sp³-hybridized carbons (Fsp3) is 0.222. The van der Waals surface area contributed by atoms with Crippen molar-refractivity contribution >= 4 is 54.7 Å². The van der Waals surface area contributed by atoms with Crippen molar-refractivity contribution in [3.63, 3.8) is 0 Å². The predicted molar refractivity (Wildman–Crippen MR) is 108 cm³/mol. The van der Waals surface area contributed by atoms with Gasteiger partial charge >= 0.3 is 0 Å². The fourth-order valence-corrected chi connectivity index (χ4v) is 2.93. The molecule has 2 aromatic rings. The average Bonchev–Trinajstić information content (AvgIpc) is 2.76. The lowest BCUT2D eigenvalue weighted by molar-refractivity contribution is 0.0960. The largest absolute Gasteiger partial charge is 0.366 e. The predicted octanol–water partition coefficient (Wildman–Crippen LogP) is 4.03. The Hall–Kier alpha value is -1.75. The lowest BCUT2D eigenvalue weighted by atomic mass is 10.0. The van der Waals surface area contributed by atoms with Crippen LogP contribution in [0.5, 0.6) is 0 Å². The van der Waals surface area contributed by atoms with Crippen LogP contribution >= 0.6 is 37.2 Å². The number of para-hydroxylation sites is 1. The van der Waals surface area contributed by atoms with Crippen LogP contribution < -0.4 is 10.6 Å². The highest BCUT2D eigenvalue weighted by Gasteiger charge is 2.24. The van der Waals surface area contributed by atoms with E-state index in [4.69, 9.17) is 5.73 Å². The van der Waals surface area contributed by atoms with Crippen molar-refractivity contribution in [2.75, 3.05) is 11.4 Å². The highest BCUT2D eigenvalue weighted by atomic mass is 35.5. The summed E-state index contributed by atoms with van der Waals surface area (Å²) in [6.07, 6.45) is 2.97. The average molecular weight is 404 g/mol. The number of anilines is 1. The van der Waals surface area contributed by atoms with Crippen LogP contribution in [0, 0.1) is 0 Å². The van der Waals surface area contributed by atoms with Crippen molar-refractivity contribution in [1.82, 2.24) is 0 Å². The van der Waals surface area contributed by atoms with Gasteiger partial charge in [0.05, 0.1) is 11.1 Å². The van der Waals surface area contributed by atoms with E-state index >= 15 is 0 Å². The molecule has 0 atom stereocenters. The molecule has 4 nitrogen and oxygen atoms in total. The van der Waals surface area contributed by atoms with E-state index in [1.807, 2.05) is 18.2 Å². The molecule has 7 heteroatoms. The summed E-state index contributed by atoms with van der Waals surface area (Å²) in [6, 6.07) is 14.7. The Morgan fingerprint density at radius 1 is 0.840 bits per heavy atom. The molecule has 136 valence electrons. The molecular formula is C18H21Cl3N2O2. The summed E-state index contributed by atoms with van der Waals surface area (Å²) in [4.78, 5) is 26.3. The zero-order valence-corrected chi connectivity index (χ0v) is 16.0. The summed E-state index contributed by atoms with van der Waals surface area (Å²) in [5.74, 6) is -0.740. The summed E-state index contributed by atoms with van der Waals surface area (Å²) in [5.41, 5.74) is 8.14. The van der Waals surface area contributed by atoms with Crippen LogP contribution in [0.25, 0.3) is 0 Å². The standard InChI is InChI=1S/C18H18N2O2.3ClH/c19-17(21)14-9-2-3-10-15(14)18(22)20-12-6-5-8-13-7-1-4-11-16(13)20;;;/h1-4,7,9-11H,5-6,8,12H2,(H2,19,21);3*1H. The quantitative estimate of drug-likeness (QED) is 0.822. The minimum absolute atomic E-state index is 0. The smallest absolute Gasteiger partial charge is 0.259 e. The molecule has 2 amide bonds. The van der Waals surface area contributed by atoms with E-state index in [2.05, 4.69) is 6.07 Å². The number of carbonyl (C=O) groups is 2. The SMILES string of the molecule is Cl.Cl.Cl.NC(=O)c1ccccc1C(=O)N1CCCCc2ccccc21. The number of hydrogen-bond donors (Lipinski definition) is 1. The molecular weight excluding hydrogens is 383 g/mol. The Morgan fingerprint density at radius 2 is 1.44 bits per heavy atom. The van der Waals surface area contributed by atoms with Crippen LogP contribution in [0.15, 0.2) is 48.5 Å². The second kappa shape index (κ2) is 10.3. The maximum absolute atomic E-state index is 13.0. The van der Waals surface area contributed by atoms with Gasteiger partial charge in [0.2, 0.25) is 5.91 Å². The fourth-order valence-electron chi connectivity index (χ4n) is 2.93. The molecule has 2 N–H and O–H groups in total. The first kappa shape index (κ1) is 23.2. The lowest BCUT2D eigenvalue weighted by Crippen LogP contribution is -2.33. The zero-order chi connectivity index (χ0) is 15.5. The molecule has 0 saturated carbocycles. The van der Waals surface area contributed by atoms with E-state index in [9.17, 15) is 9.59 Å². The topological polar surface area (TPSA) is 63.4 Å². The summed E-state index contributed by atoms with van der Waals surface area (Å²) in [5, 5.41) is 0. The van der Waals surface area contributed by atoms with Gasteiger partial charge in [0.25, 0.3) is 5.91 Å². The summed E-state index contributed by atoms with van der Waals surface area (Å²) in [6.45, 7) is 0.656. The highest BCUT2D eigenvalue weighted by Crippen LogP contribution is 2.28. The second-order valence-corrected chi connectivity index (χ2v) is 5.45. The van der Waals surface area contributed by atoms with Crippen LogP contribution in [0.2, 0.25) is 0 Å². The first-order chi connectivity index (χ1) is 10.7. The van der Waals surface area contributed by atoms with Crippen molar-refractivity contribution < 1.29 is 9.59 Å². The molecule has 0 aliphatic carbocycles. The number of primary amides is 1. The molecule has 1 aliphatic heterocycles. The lowest BCUT2D eigenvalue weighted by Gasteiger charge is -2.23. The number of carbonyl (C=O) groups excluding carboxylic acids is 2. The van der Waals surface area contributed by atoms with E-state index in [0.29, 0.717) is 12.1 Å². The Kier molecular flexibility index (Phi) is 9.57. The van der Waals surface area contributed by atoms with E-state index in [1.165, 1.54) is 5.56 Å². The Morgan fingerprint density at radius 3 is 2.12 bits per heavy atom. The van der Waals surface area contributed by atoms with Gasteiger partial charge in [0.1, 0.15) is 0 Å². The summed E-state index contributed by atoms with van der Waals surface area (Å²) >= 11 is 0. The monoisotopic (exact) mass is 402 g/mol. The molecule has 25 heavy (non-hydrogen) atoms. The van der Waals surface area contributed by atoms with E-state index < -0.39 is 5.91 Å². The van der Waals surface area contributed by atoms with E-state index in [-0.39, 0.29) is 48.7 Å². The number of rotatable bonds is 2. The number of nitrogens with two attached hydrogens (primary N) is 1. The Bertz CT molecular complexity index is 738. The molecule has 0 unspecified atom stereocenters. The number of benzene rings is 2. The number of amides is 2. The van der Waals surface area contributed by atoms with Crippen LogP contribution in [-0.4, -0.2) is 18.4 Å².